The fourth-order valence-corrected chi connectivity index (χ4v) is 4.97. The third-order valence-electron chi connectivity index (χ3n) is 6.75. The molecule has 3 N–H and O–H groups in total. The number of anilines is 1. The van der Waals surface area contributed by atoms with Crippen LogP contribution in [0.15, 0.2) is 18.2 Å². The quantitative estimate of drug-likeness (QED) is 0.434. The van der Waals surface area contributed by atoms with Crippen molar-refractivity contribution in [1.29, 1.82) is 0 Å². The van der Waals surface area contributed by atoms with Crippen molar-refractivity contribution < 1.29 is 19.4 Å². The number of aromatic nitrogens is 1. The Labute approximate surface area is 194 Å². The van der Waals surface area contributed by atoms with Crippen molar-refractivity contribution in [2.24, 2.45) is 0 Å². The van der Waals surface area contributed by atoms with Crippen LogP contribution >= 0.6 is 0 Å². The summed E-state index contributed by atoms with van der Waals surface area (Å²) in [4.78, 5) is 33.2. The molecule has 5 rings (SSSR count). The van der Waals surface area contributed by atoms with Crippen LogP contribution in [0, 0.1) is 6.92 Å². The van der Waals surface area contributed by atoms with E-state index < -0.39 is 6.10 Å². The number of aromatic amines is 1. The van der Waals surface area contributed by atoms with Gasteiger partial charge >= 0.3 is 0 Å². The number of nitrogens with zero attached hydrogens (tertiary/aromatic N) is 2. The highest BCUT2D eigenvalue weighted by molar-refractivity contribution is 6.37. The highest BCUT2D eigenvalue weighted by Gasteiger charge is 2.31. The molecular formula is C24H29BN4O4. The number of H-pyrrole nitrogens is 1. The van der Waals surface area contributed by atoms with Crippen LogP contribution in [0.1, 0.15) is 32.9 Å². The fourth-order valence-electron chi connectivity index (χ4n) is 4.97. The molecule has 1 aromatic carbocycles. The number of hydrogen-bond donors (Lipinski definition) is 3. The van der Waals surface area contributed by atoms with Gasteiger partial charge in [0.25, 0.3) is 11.8 Å². The molecule has 3 aliphatic rings. The molecule has 1 saturated heterocycles. The number of morpholine rings is 1. The normalized spacial score (nSPS) is 20.7. The molecule has 8 nitrogen and oxygen atoms in total. The molecule has 172 valence electrons. The first-order valence-corrected chi connectivity index (χ1v) is 11.5. The van der Waals surface area contributed by atoms with Crippen LogP contribution in [0.2, 0.25) is 0 Å². The topological polar surface area (TPSA) is 97.9 Å². The minimum absolute atomic E-state index is 0.0669. The Morgan fingerprint density at radius 1 is 1.21 bits per heavy atom. The molecule has 4 heterocycles. The lowest BCUT2D eigenvalue weighted by atomic mass is 9.92. The van der Waals surface area contributed by atoms with Crippen LogP contribution < -0.4 is 10.8 Å². The molecule has 9 heteroatoms. The number of fused-ring (bicyclic) bond motifs is 2. The Kier molecular flexibility index (Phi) is 5.86. The van der Waals surface area contributed by atoms with E-state index in [0.717, 1.165) is 46.8 Å². The zero-order valence-electron chi connectivity index (χ0n) is 19.1. The number of aliphatic hydroxyl groups excluding tert-OH is 1. The molecule has 1 atom stereocenters. The molecule has 0 spiro atoms. The summed E-state index contributed by atoms with van der Waals surface area (Å²) in [7, 11) is 2.00. The van der Waals surface area contributed by atoms with Crippen molar-refractivity contribution in [3.05, 3.63) is 46.3 Å². The molecule has 2 amide bonds. The van der Waals surface area contributed by atoms with E-state index in [1.165, 1.54) is 0 Å². The van der Waals surface area contributed by atoms with Crippen LogP contribution in [0.4, 0.5) is 5.69 Å². The van der Waals surface area contributed by atoms with Gasteiger partial charge in [0.15, 0.2) is 0 Å². The largest absolute Gasteiger partial charge is 0.390 e. The summed E-state index contributed by atoms with van der Waals surface area (Å²) in [5.41, 5.74) is 6.54. The summed E-state index contributed by atoms with van der Waals surface area (Å²) < 4.78 is 5.36. The molecule has 0 saturated carbocycles. The maximum Gasteiger partial charge on any atom is 0.256 e. The van der Waals surface area contributed by atoms with Crippen molar-refractivity contribution in [3.8, 4) is 0 Å². The number of hydrogen-bond acceptors (Lipinski definition) is 5. The number of carbonyl (C=O) groups excluding carboxylic acids is 2. The number of amides is 2. The zero-order chi connectivity index (χ0) is 23.1. The predicted octanol–water partition coefficient (Wildman–Crippen LogP) is -0.234. The maximum absolute atomic E-state index is 13.3. The number of nitrogens with one attached hydrogen (secondary N) is 2. The van der Waals surface area contributed by atoms with Crippen molar-refractivity contribution in [3.63, 3.8) is 0 Å². The molecule has 0 aliphatic carbocycles. The Balaban J connectivity index is 1.35. The SMILES string of the molecule is Bc1ccc2c(c1)/C(=C/c1[nH]c3c(c1C)C(=O)N(C[C@H](O)CN1CCOCC1)CC3)C(=O)N2. The Hall–Kier alpha value is -2.88. The van der Waals surface area contributed by atoms with E-state index in [2.05, 4.69) is 15.2 Å². The molecular weight excluding hydrogens is 419 g/mol. The van der Waals surface area contributed by atoms with E-state index in [0.29, 0.717) is 50.4 Å². The third kappa shape index (κ3) is 4.24. The van der Waals surface area contributed by atoms with E-state index in [1.807, 2.05) is 39.0 Å². The van der Waals surface area contributed by atoms with E-state index in [9.17, 15) is 14.7 Å². The van der Waals surface area contributed by atoms with Crippen LogP contribution in [-0.4, -0.2) is 91.6 Å². The number of aliphatic hydroxyl groups is 1. The van der Waals surface area contributed by atoms with Gasteiger partial charge in [0.2, 0.25) is 0 Å². The first kappa shape index (κ1) is 21.9. The van der Waals surface area contributed by atoms with Gasteiger partial charge in [-0.3, -0.25) is 14.5 Å². The second-order valence-electron chi connectivity index (χ2n) is 9.15. The molecule has 1 fully saturated rings. The van der Waals surface area contributed by atoms with Gasteiger partial charge in [0.05, 0.1) is 30.5 Å². The monoisotopic (exact) mass is 448 g/mol. The van der Waals surface area contributed by atoms with Crippen LogP contribution in [0.3, 0.4) is 0 Å². The summed E-state index contributed by atoms with van der Waals surface area (Å²) in [5.74, 6) is -0.204. The van der Waals surface area contributed by atoms with E-state index in [1.54, 1.807) is 4.90 Å². The molecule has 0 radical (unpaired) electrons. The Morgan fingerprint density at radius 3 is 2.79 bits per heavy atom. The molecule has 33 heavy (non-hydrogen) atoms. The molecule has 2 aromatic rings. The first-order chi connectivity index (χ1) is 15.9. The standard InChI is InChI=1S/C24H29BN4O4/c1-14-21(11-18-17-10-15(25)2-3-19(17)27-23(18)31)26-20-4-5-29(24(32)22(14)20)13-16(30)12-28-6-8-33-9-7-28/h2-3,10-11,16,26,30H,4-9,12-13,25H2,1H3,(H,27,31)/b18-11-/t16-/m1/s1. The van der Waals surface area contributed by atoms with E-state index >= 15 is 0 Å². The summed E-state index contributed by atoms with van der Waals surface area (Å²) >= 11 is 0. The third-order valence-corrected chi connectivity index (χ3v) is 6.75. The number of carbonyl (C=O) groups is 2. The highest BCUT2D eigenvalue weighted by atomic mass is 16.5. The number of rotatable bonds is 5. The number of ether oxygens (including phenoxy) is 1. The second-order valence-corrected chi connectivity index (χ2v) is 9.15. The average molecular weight is 448 g/mol. The van der Waals surface area contributed by atoms with Gasteiger partial charge in [-0.25, -0.2) is 0 Å². The summed E-state index contributed by atoms with van der Waals surface area (Å²) in [6, 6.07) is 5.89. The molecule has 0 unspecified atom stereocenters. The average Bonchev–Trinajstić information content (AvgIpc) is 3.27. The number of β-amino-alcohol motifs (C(OH)–C–C–N with tert-alkyl or cyclic N) is 1. The fraction of sp³-hybridized carbons (Fsp3) is 0.417. The van der Waals surface area contributed by atoms with Crippen molar-refractivity contribution in [2.45, 2.75) is 19.4 Å². The van der Waals surface area contributed by atoms with Crippen LogP contribution in [0.25, 0.3) is 11.6 Å². The summed E-state index contributed by atoms with van der Waals surface area (Å²) in [5, 5.41) is 13.5. The van der Waals surface area contributed by atoms with Crippen molar-refractivity contribution >= 4 is 42.5 Å². The lowest BCUT2D eigenvalue weighted by molar-refractivity contribution is -0.110. The Bertz CT molecular complexity index is 1140. The highest BCUT2D eigenvalue weighted by Crippen LogP contribution is 2.34. The van der Waals surface area contributed by atoms with E-state index in [4.69, 9.17) is 4.74 Å². The molecule has 0 bridgehead atoms. The van der Waals surface area contributed by atoms with Gasteiger partial charge in [-0.2, -0.15) is 0 Å². The smallest absolute Gasteiger partial charge is 0.256 e. The number of benzene rings is 1. The molecule has 3 aliphatic heterocycles. The summed E-state index contributed by atoms with van der Waals surface area (Å²) in [6.07, 6.45) is 1.94. The second kappa shape index (κ2) is 8.81. The first-order valence-electron chi connectivity index (χ1n) is 11.5. The predicted molar refractivity (Wildman–Crippen MR) is 130 cm³/mol. The van der Waals surface area contributed by atoms with Gasteiger partial charge in [-0.1, -0.05) is 17.6 Å². The van der Waals surface area contributed by atoms with Gasteiger partial charge in [-0.15, -0.1) is 0 Å². The minimum atomic E-state index is -0.601. The van der Waals surface area contributed by atoms with E-state index in [-0.39, 0.29) is 11.8 Å². The van der Waals surface area contributed by atoms with Crippen LogP contribution in [-0.2, 0) is 16.0 Å². The van der Waals surface area contributed by atoms with Gasteiger partial charge in [-0.05, 0) is 24.6 Å². The zero-order valence-corrected chi connectivity index (χ0v) is 19.1. The minimum Gasteiger partial charge on any atom is -0.390 e. The van der Waals surface area contributed by atoms with Gasteiger partial charge in [0.1, 0.15) is 7.85 Å². The van der Waals surface area contributed by atoms with Gasteiger partial charge in [0, 0.05) is 61.8 Å². The van der Waals surface area contributed by atoms with Crippen molar-refractivity contribution in [2.75, 3.05) is 51.3 Å². The molecule has 1 aromatic heterocycles. The van der Waals surface area contributed by atoms with Crippen LogP contribution in [0.5, 0.6) is 0 Å². The van der Waals surface area contributed by atoms with Gasteiger partial charge < -0.3 is 25.0 Å². The van der Waals surface area contributed by atoms with Crippen molar-refractivity contribution in [1.82, 2.24) is 14.8 Å². The lowest BCUT2D eigenvalue weighted by Crippen LogP contribution is -2.47. The summed E-state index contributed by atoms with van der Waals surface area (Å²) in [6.45, 7) is 6.30. The Morgan fingerprint density at radius 2 is 2.00 bits per heavy atom. The lowest BCUT2D eigenvalue weighted by Gasteiger charge is -2.32. The maximum atomic E-state index is 13.3.